The van der Waals surface area contributed by atoms with Crippen molar-refractivity contribution >= 4 is 15.9 Å². The molecule has 2 rings (SSSR count). The minimum absolute atomic E-state index is 0.293. The smallest absolute Gasteiger partial charge is 0.343 e. The second-order valence-corrected chi connectivity index (χ2v) is 3.67. The van der Waals surface area contributed by atoms with E-state index in [4.69, 9.17) is 4.42 Å². The van der Waals surface area contributed by atoms with E-state index in [0.29, 0.717) is 10.9 Å². The first-order chi connectivity index (χ1) is 7.33. The highest BCUT2D eigenvalue weighted by Crippen LogP contribution is 2.21. The highest BCUT2D eigenvalue weighted by atomic mass is 79.9. The van der Waals surface area contributed by atoms with Crippen LogP contribution in [0.15, 0.2) is 51.9 Å². The molecule has 0 aliphatic heterocycles. The first kappa shape index (κ1) is 10.2. The van der Waals surface area contributed by atoms with Crippen LogP contribution in [0, 0.1) is 0 Å². The van der Waals surface area contributed by atoms with Crippen molar-refractivity contribution in [3.05, 3.63) is 58.6 Å². The van der Waals surface area contributed by atoms with Crippen molar-refractivity contribution in [3.63, 3.8) is 0 Å². The summed E-state index contributed by atoms with van der Waals surface area (Å²) in [6, 6.07) is 11.3. The Morgan fingerprint density at radius 3 is 2.53 bits per heavy atom. The zero-order valence-electron chi connectivity index (χ0n) is 7.94. The number of benzene rings is 1. The van der Waals surface area contributed by atoms with Gasteiger partial charge in [-0.15, -0.1) is 0 Å². The maximum absolute atomic E-state index is 11.6. The first-order valence-corrected chi connectivity index (χ1v) is 5.67. The zero-order valence-corrected chi connectivity index (χ0v) is 9.53. The maximum Gasteiger partial charge on any atom is 0.343 e. The van der Waals surface area contributed by atoms with Crippen molar-refractivity contribution in [1.29, 1.82) is 0 Å². The SMILES string of the molecule is O=c1occc(CBr)c1-c1ccccc1. The van der Waals surface area contributed by atoms with E-state index in [1.807, 2.05) is 30.3 Å². The molecule has 0 amide bonds. The van der Waals surface area contributed by atoms with E-state index >= 15 is 0 Å². The fourth-order valence-electron chi connectivity index (χ4n) is 1.47. The molecule has 0 fully saturated rings. The Kier molecular flexibility index (Phi) is 3.02. The van der Waals surface area contributed by atoms with Gasteiger partial charge in [0.15, 0.2) is 0 Å². The lowest BCUT2D eigenvalue weighted by molar-refractivity contribution is 0.511. The van der Waals surface area contributed by atoms with E-state index in [0.717, 1.165) is 11.1 Å². The molecule has 0 atom stereocenters. The van der Waals surface area contributed by atoms with Crippen LogP contribution in [0.1, 0.15) is 5.56 Å². The average Bonchev–Trinajstić information content (AvgIpc) is 2.29. The van der Waals surface area contributed by atoms with E-state index in [1.165, 1.54) is 6.26 Å². The predicted molar refractivity (Wildman–Crippen MR) is 63.0 cm³/mol. The van der Waals surface area contributed by atoms with Crippen LogP contribution in [-0.4, -0.2) is 0 Å². The minimum atomic E-state index is -0.293. The van der Waals surface area contributed by atoms with Gasteiger partial charge in [-0.25, -0.2) is 4.79 Å². The van der Waals surface area contributed by atoms with Crippen LogP contribution in [0.25, 0.3) is 11.1 Å². The Hall–Kier alpha value is -1.35. The molecule has 1 heterocycles. The second-order valence-electron chi connectivity index (χ2n) is 3.11. The summed E-state index contributed by atoms with van der Waals surface area (Å²) in [4.78, 5) is 11.6. The number of halogens is 1. The van der Waals surface area contributed by atoms with Crippen molar-refractivity contribution in [3.8, 4) is 11.1 Å². The molecule has 0 saturated heterocycles. The summed E-state index contributed by atoms with van der Waals surface area (Å²) in [5.41, 5.74) is 2.17. The van der Waals surface area contributed by atoms with E-state index in [2.05, 4.69) is 15.9 Å². The first-order valence-electron chi connectivity index (χ1n) is 4.55. The average molecular weight is 265 g/mol. The molecule has 1 aromatic carbocycles. The summed E-state index contributed by atoms with van der Waals surface area (Å²) in [5.74, 6) is 0. The van der Waals surface area contributed by atoms with Crippen LogP contribution in [0.4, 0.5) is 0 Å². The Morgan fingerprint density at radius 2 is 1.87 bits per heavy atom. The van der Waals surface area contributed by atoms with E-state index in [1.54, 1.807) is 6.07 Å². The lowest BCUT2D eigenvalue weighted by atomic mass is 10.0. The molecule has 2 nitrogen and oxygen atoms in total. The molecule has 0 bridgehead atoms. The molecule has 0 N–H and O–H groups in total. The summed E-state index contributed by atoms with van der Waals surface area (Å²) < 4.78 is 4.88. The van der Waals surface area contributed by atoms with E-state index in [-0.39, 0.29) is 5.63 Å². The molecule has 0 radical (unpaired) electrons. The molecule has 15 heavy (non-hydrogen) atoms. The van der Waals surface area contributed by atoms with Crippen LogP contribution in [-0.2, 0) is 5.33 Å². The van der Waals surface area contributed by atoms with Gasteiger partial charge < -0.3 is 4.42 Å². The van der Waals surface area contributed by atoms with Gasteiger partial charge in [-0.05, 0) is 17.2 Å². The number of hydrogen-bond acceptors (Lipinski definition) is 2. The minimum Gasteiger partial charge on any atom is -0.431 e. The molecule has 0 aliphatic rings. The fraction of sp³-hybridized carbons (Fsp3) is 0.0833. The third-order valence-electron chi connectivity index (χ3n) is 2.18. The Morgan fingerprint density at radius 1 is 1.13 bits per heavy atom. The van der Waals surface area contributed by atoms with E-state index < -0.39 is 0 Å². The number of alkyl halides is 1. The number of hydrogen-bond donors (Lipinski definition) is 0. The highest BCUT2D eigenvalue weighted by molar-refractivity contribution is 9.08. The van der Waals surface area contributed by atoms with Gasteiger partial charge in [-0.1, -0.05) is 46.3 Å². The van der Waals surface area contributed by atoms with Gasteiger partial charge in [0.25, 0.3) is 0 Å². The maximum atomic E-state index is 11.6. The molecule has 0 aliphatic carbocycles. The van der Waals surface area contributed by atoms with Crippen molar-refractivity contribution in [2.45, 2.75) is 5.33 Å². The molecule has 0 unspecified atom stereocenters. The van der Waals surface area contributed by atoms with Crippen molar-refractivity contribution < 1.29 is 4.42 Å². The monoisotopic (exact) mass is 264 g/mol. The number of rotatable bonds is 2. The van der Waals surface area contributed by atoms with Gasteiger partial charge in [-0.3, -0.25) is 0 Å². The predicted octanol–water partition coefficient (Wildman–Crippen LogP) is 3.20. The van der Waals surface area contributed by atoms with Crippen LogP contribution in [0.5, 0.6) is 0 Å². The second kappa shape index (κ2) is 4.45. The fourth-order valence-corrected chi connectivity index (χ4v) is 1.94. The molecule has 1 aromatic heterocycles. The molecule has 0 saturated carbocycles. The lowest BCUT2D eigenvalue weighted by Crippen LogP contribution is -2.05. The summed E-state index contributed by atoms with van der Waals surface area (Å²) in [5, 5.41) is 0.642. The topological polar surface area (TPSA) is 30.2 Å². The summed E-state index contributed by atoms with van der Waals surface area (Å²) in [6.07, 6.45) is 1.42. The van der Waals surface area contributed by atoms with Gasteiger partial charge in [0.05, 0.1) is 11.8 Å². The quantitative estimate of drug-likeness (QED) is 0.780. The van der Waals surface area contributed by atoms with Crippen molar-refractivity contribution in [1.82, 2.24) is 0 Å². The standard InChI is InChI=1S/C12H9BrO2/c13-8-10-6-7-15-12(14)11(10)9-4-2-1-3-5-9/h1-7H,8H2. The highest BCUT2D eigenvalue weighted by Gasteiger charge is 2.09. The van der Waals surface area contributed by atoms with Crippen molar-refractivity contribution in [2.75, 3.05) is 0 Å². The van der Waals surface area contributed by atoms with Crippen LogP contribution >= 0.6 is 15.9 Å². The zero-order chi connectivity index (χ0) is 10.7. The molecule has 76 valence electrons. The summed E-state index contributed by atoms with van der Waals surface area (Å²) in [6.45, 7) is 0. The van der Waals surface area contributed by atoms with E-state index in [9.17, 15) is 4.79 Å². The van der Waals surface area contributed by atoms with Gasteiger partial charge >= 0.3 is 5.63 Å². The molecule has 3 heteroatoms. The molecular weight excluding hydrogens is 256 g/mol. The van der Waals surface area contributed by atoms with Gasteiger partial charge in [0.2, 0.25) is 0 Å². The Labute approximate surface area is 95.7 Å². The molecule has 0 spiro atoms. The lowest BCUT2D eigenvalue weighted by Gasteiger charge is -2.04. The molecular formula is C12H9BrO2. The third-order valence-corrected chi connectivity index (χ3v) is 2.78. The molecule has 2 aromatic rings. The van der Waals surface area contributed by atoms with Crippen LogP contribution < -0.4 is 5.63 Å². The summed E-state index contributed by atoms with van der Waals surface area (Å²) in [7, 11) is 0. The van der Waals surface area contributed by atoms with Gasteiger partial charge in [0.1, 0.15) is 0 Å². The third kappa shape index (κ3) is 2.02. The van der Waals surface area contributed by atoms with Gasteiger partial charge in [0, 0.05) is 5.33 Å². The van der Waals surface area contributed by atoms with Crippen LogP contribution in [0.2, 0.25) is 0 Å². The van der Waals surface area contributed by atoms with Crippen LogP contribution in [0.3, 0.4) is 0 Å². The van der Waals surface area contributed by atoms with Gasteiger partial charge in [-0.2, -0.15) is 0 Å². The Balaban J connectivity index is 2.67. The van der Waals surface area contributed by atoms with Crippen molar-refractivity contribution in [2.24, 2.45) is 0 Å². The largest absolute Gasteiger partial charge is 0.431 e. The summed E-state index contributed by atoms with van der Waals surface area (Å²) >= 11 is 3.36. The normalized spacial score (nSPS) is 10.2. The Bertz CT molecular complexity index is 503.